The van der Waals surface area contributed by atoms with Gasteiger partial charge in [0.25, 0.3) is 0 Å². The molecule has 0 unspecified atom stereocenters. The van der Waals surface area contributed by atoms with Crippen LogP contribution in [0, 0.1) is 0 Å². The maximum Gasteiger partial charge on any atom is 0.412 e. The van der Waals surface area contributed by atoms with Gasteiger partial charge in [0.2, 0.25) is 0 Å². The van der Waals surface area contributed by atoms with Crippen LogP contribution in [0.2, 0.25) is 0 Å². The summed E-state index contributed by atoms with van der Waals surface area (Å²) >= 11 is 0. The summed E-state index contributed by atoms with van der Waals surface area (Å²) in [6.07, 6.45) is 0.271. The van der Waals surface area contributed by atoms with Crippen LogP contribution in [0.3, 0.4) is 0 Å². The fraction of sp³-hybridized carbons (Fsp3) is 0.500. The van der Waals surface area contributed by atoms with Gasteiger partial charge < -0.3 is 9.47 Å². The molecule has 1 fully saturated rings. The van der Waals surface area contributed by atoms with E-state index in [9.17, 15) is 4.79 Å². The zero-order chi connectivity index (χ0) is 22.5. The molecule has 1 saturated heterocycles. The Labute approximate surface area is 187 Å². The van der Waals surface area contributed by atoms with Gasteiger partial charge in [-0.2, -0.15) is 0 Å². The smallest absolute Gasteiger partial charge is 0.412 e. The van der Waals surface area contributed by atoms with Crippen LogP contribution >= 0.6 is 0 Å². The van der Waals surface area contributed by atoms with Crippen molar-refractivity contribution in [3.8, 4) is 0 Å². The van der Waals surface area contributed by atoms with Crippen LogP contribution in [-0.4, -0.2) is 46.4 Å². The lowest BCUT2D eigenvalue weighted by Gasteiger charge is -2.37. The Morgan fingerprint density at radius 2 is 1.52 bits per heavy atom. The van der Waals surface area contributed by atoms with Gasteiger partial charge in [0.1, 0.15) is 11.8 Å². The van der Waals surface area contributed by atoms with Crippen molar-refractivity contribution in [3.05, 3.63) is 71.8 Å². The number of ether oxygens (including phenoxy) is 2. The number of nitrogens with zero attached hydrogens (tertiary/aromatic N) is 2. The number of hydrogen-bond donors (Lipinski definition) is 0. The quantitative estimate of drug-likeness (QED) is 0.565. The van der Waals surface area contributed by atoms with Crippen LogP contribution in [0.1, 0.15) is 52.2 Å². The topological polar surface area (TPSA) is 42.0 Å². The van der Waals surface area contributed by atoms with Crippen molar-refractivity contribution in [1.82, 2.24) is 9.80 Å². The second kappa shape index (κ2) is 9.84. The van der Waals surface area contributed by atoms with Gasteiger partial charge in [0.15, 0.2) is 0 Å². The Bertz CT molecular complexity index is 779. The predicted octanol–water partition coefficient (Wildman–Crippen LogP) is 5.45. The average Bonchev–Trinajstić information content (AvgIpc) is 2.95. The van der Waals surface area contributed by atoms with Gasteiger partial charge in [-0.15, -0.1) is 0 Å². The summed E-state index contributed by atoms with van der Waals surface area (Å²) in [5, 5.41) is 0. The molecule has 1 aliphatic rings. The average molecular weight is 425 g/mol. The second-order valence-electron chi connectivity index (χ2n) is 9.55. The lowest BCUT2D eigenvalue weighted by Crippen LogP contribution is -2.53. The van der Waals surface area contributed by atoms with Crippen LogP contribution < -0.4 is 0 Å². The largest absolute Gasteiger partial charge is 0.446 e. The summed E-state index contributed by atoms with van der Waals surface area (Å²) in [4.78, 5) is 17.1. The molecule has 1 heterocycles. The van der Waals surface area contributed by atoms with E-state index in [1.165, 1.54) is 11.1 Å². The number of amides is 1. The molecule has 5 heteroatoms. The Hall–Kier alpha value is -2.37. The summed E-state index contributed by atoms with van der Waals surface area (Å²) in [7, 11) is 0. The molecular formula is C26H36N2O3. The first-order valence-electron chi connectivity index (χ1n) is 11.1. The Kier molecular flexibility index (Phi) is 7.39. The van der Waals surface area contributed by atoms with Gasteiger partial charge >= 0.3 is 6.09 Å². The van der Waals surface area contributed by atoms with Gasteiger partial charge in [-0.05, 0) is 52.2 Å². The SMILES string of the molecule is C[C@@H](CCN(Cc1ccccc1)Cc1ccccc1)OC(=O)N1C(C)(C)COC1(C)C. The van der Waals surface area contributed by atoms with Crippen LogP contribution in [-0.2, 0) is 22.6 Å². The van der Waals surface area contributed by atoms with E-state index in [4.69, 9.17) is 9.47 Å². The highest BCUT2D eigenvalue weighted by Crippen LogP contribution is 2.35. The monoisotopic (exact) mass is 424 g/mol. The van der Waals surface area contributed by atoms with Crippen molar-refractivity contribution in [2.45, 2.75) is 71.5 Å². The zero-order valence-electron chi connectivity index (χ0n) is 19.5. The maximum absolute atomic E-state index is 12.9. The molecular weight excluding hydrogens is 388 g/mol. The van der Waals surface area contributed by atoms with Crippen molar-refractivity contribution in [2.75, 3.05) is 13.2 Å². The maximum atomic E-state index is 12.9. The third kappa shape index (κ3) is 6.31. The summed E-state index contributed by atoms with van der Waals surface area (Å²) in [5.74, 6) is 0. The van der Waals surface area contributed by atoms with Crippen LogP contribution in [0.25, 0.3) is 0 Å². The molecule has 0 radical (unpaired) electrons. The summed E-state index contributed by atoms with van der Waals surface area (Å²) in [6, 6.07) is 21.0. The molecule has 1 amide bonds. The highest BCUT2D eigenvalue weighted by molar-refractivity contribution is 5.70. The molecule has 0 bridgehead atoms. The molecule has 0 spiro atoms. The van der Waals surface area contributed by atoms with Crippen molar-refractivity contribution in [2.24, 2.45) is 0 Å². The number of carbonyl (C=O) groups excluding carboxylic acids is 1. The lowest BCUT2D eigenvalue weighted by molar-refractivity contribution is -0.0580. The van der Waals surface area contributed by atoms with E-state index in [0.717, 1.165) is 26.1 Å². The van der Waals surface area contributed by atoms with Crippen molar-refractivity contribution >= 4 is 6.09 Å². The second-order valence-corrected chi connectivity index (χ2v) is 9.55. The van der Waals surface area contributed by atoms with E-state index < -0.39 is 5.72 Å². The predicted molar refractivity (Wildman–Crippen MR) is 124 cm³/mol. The molecule has 1 aliphatic heterocycles. The highest BCUT2D eigenvalue weighted by atomic mass is 16.6. The van der Waals surface area contributed by atoms with E-state index in [1.54, 1.807) is 4.90 Å². The van der Waals surface area contributed by atoms with E-state index in [2.05, 4.69) is 53.4 Å². The van der Waals surface area contributed by atoms with E-state index in [1.807, 2.05) is 46.8 Å². The van der Waals surface area contributed by atoms with Crippen molar-refractivity contribution in [3.63, 3.8) is 0 Å². The normalized spacial score (nSPS) is 18.2. The van der Waals surface area contributed by atoms with Gasteiger partial charge in [0, 0.05) is 19.6 Å². The van der Waals surface area contributed by atoms with Gasteiger partial charge in [-0.25, -0.2) is 4.79 Å². The third-order valence-corrected chi connectivity index (χ3v) is 5.76. The zero-order valence-corrected chi connectivity index (χ0v) is 19.5. The molecule has 2 aromatic rings. The van der Waals surface area contributed by atoms with Crippen molar-refractivity contribution < 1.29 is 14.3 Å². The van der Waals surface area contributed by atoms with Gasteiger partial charge in [-0.3, -0.25) is 9.80 Å². The van der Waals surface area contributed by atoms with Crippen LogP contribution in [0.5, 0.6) is 0 Å². The van der Waals surface area contributed by atoms with Crippen LogP contribution in [0.15, 0.2) is 60.7 Å². The minimum Gasteiger partial charge on any atom is -0.446 e. The lowest BCUT2D eigenvalue weighted by atomic mass is 10.0. The summed E-state index contributed by atoms with van der Waals surface area (Å²) < 4.78 is 11.7. The van der Waals surface area contributed by atoms with Gasteiger partial charge in [0.05, 0.1) is 12.1 Å². The molecule has 0 aliphatic carbocycles. The number of benzene rings is 2. The van der Waals surface area contributed by atoms with E-state index in [-0.39, 0.29) is 17.7 Å². The number of carbonyl (C=O) groups is 1. The fourth-order valence-electron chi connectivity index (χ4n) is 4.22. The van der Waals surface area contributed by atoms with Crippen LogP contribution in [0.4, 0.5) is 4.79 Å². The fourth-order valence-corrected chi connectivity index (χ4v) is 4.22. The molecule has 1 atom stereocenters. The first-order chi connectivity index (χ1) is 14.7. The molecule has 0 saturated carbocycles. The minimum atomic E-state index is -0.660. The Morgan fingerprint density at radius 3 is 1.97 bits per heavy atom. The number of rotatable bonds is 8. The molecule has 2 aromatic carbocycles. The number of hydrogen-bond acceptors (Lipinski definition) is 4. The molecule has 5 nitrogen and oxygen atoms in total. The van der Waals surface area contributed by atoms with E-state index >= 15 is 0 Å². The Morgan fingerprint density at radius 1 is 1.00 bits per heavy atom. The summed E-state index contributed by atoms with van der Waals surface area (Å²) in [6.45, 7) is 12.9. The molecule has 168 valence electrons. The third-order valence-electron chi connectivity index (χ3n) is 5.76. The minimum absolute atomic E-state index is 0.186. The van der Waals surface area contributed by atoms with Crippen molar-refractivity contribution in [1.29, 1.82) is 0 Å². The standard InChI is InChI=1S/C26H36N2O3/c1-21(31-24(29)28-25(2,3)20-30-26(28,4)5)16-17-27(18-22-12-8-6-9-13-22)19-23-14-10-7-11-15-23/h6-15,21H,16-20H2,1-5H3/t21-/m0/s1. The highest BCUT2D eigenvalue weighted by Gasteiger charge is 2.49. The molecule has 3 rings (SSSR count). The molecule has 0 N–H and O–H groups in total. The first kappa shape index (κ1) is 23.3. The van der Waals surface area contributed by atoms with E-state index in [0.29, 0.717) is 6.61 Å². The molecule has 0 aromatic heterocycles. The first-order valence-corrected chi connectivity index (χ1v) is 11.1. The summed E-state index contributed by atoms with van der Waals surface area (Å²) in [5.41, 5.74) is 1.52. The van der Waals surface area contributed by atoms with Gasteiger partial charge in [-0.1, -0.05) is 60.7 Å². The Balaban J connectivity index is 1.60. The molecule has 31 heavy (non-hydrogen) atoms.